The number of carbonyl (C=O) groups is 1. The molecule has 1 aliphatic heterocycles. The van der Waals surface area contributed by atoms with Gasteiger partial charge in [0.05, 0.1) is 24.0 Å². The first-order valence-electron chi connectivity index (χ1n) is 7.93. The first-order valence-corrected chi connectivity index (χ1v) is 7.93. The van der Waals surface area contributed by atoms with Crippen LogP contribution in [0.4, 0.5) is 5.69 Å². The van der Waals surface area contributed by atoms with E-state index in [2.05, 4.69) is 6.07 Å². The first kappa shape index (κ1) is 17.5. The Morgan fingerprint density at radius 2 is 1.96 bits per heavy atom. The lowest BCUT2D eigenvalue weighted by Gasteiger charge is -2.33. The molecular weight excluding hydrogens is 290 g/mol. The van der Waals surface area contributed by atoms with E-state index in [-0.39, 0.29) is 12.0 Å². The summed E-state index contributed by atoms with van der Waals surface area (Å²) in [6, 6.07) is 8.02. The van der Waals surface area contributed by atoms with Crippen LogP contribution in [0.25, 0.3) is 0 Å². The van der Waals surface area contributed by atoms with Crippen LogP contribution < -0.4 is 10.7 Å². The Morgan fingerprint density at radius 1 is 1.30 bits per heavy atom. The third kappa shape index (κ3) is 3.57. The molecule has 0 spiro atoms. The Morgan fingerprint density at radius 3 is 2.48 bits per heavy atom. The third-order valence-electron chi connectivity index (χ3n) is 3.88. The summed E-state index contributed by atoms with van der Waals surface area (Å²) in [5.41, 5.74) is 9.11. The van der Waals surface area contributed by atoms with Gasteiger partial charge in [-0.05, 0) is 59.2 Å². The fourth-order valence-corrected chi connectivity index (χ4v) is 2.92. The summed E-state index contributed by atoms with van der Waals surface area (Å²) < 4.78 is 5.57. The number of anilines is 1. The summed E-state index contributed by atoms with van der Waals surface area (Å²) in [6.07, 6.45) is 0. The van der Waals surface area contributed by atoms with Crippen molar-refractivity contribution in [2.75, 3.05) is 11.7 Å². The zero-order valence-electron chi connectivity index (χ0n) is 14.9. The number of aryl methyl sites for hydroxylation is 1. The van der Waals surface area contributed by atoms with Gasteiger partial charge in [0.15, 0.2) is 0 Å². The Balaban J connectivity index is 2.44. The van der Waals surface area contributed by atoms with Crippen molar-refractivity contribution < 1.29 is 9.53 Å². The number of nitrogens with zero attached hydrogens (tertiary/aromatic N) is 2. The molecule has 2 rings (SSSR count). The van der Waals surface area contributed by atoms with Gasteiger partial charge < -0.3 is 10.5 Å². The number of hydrogen-bond acceptors (Lipinski definition) is 5. The van der Waals surface area contributed by atoms with Crippen molar-refractivity contribution in [1.82, 2.24) is 5.01 Å². The molecule has 5 heteroatoms. The van der Waals surface area contributed by atoms with Gasteiger partial charge in [-0.3, -0.25) is 5.01 Å². The maximum Gasteiger partial charge on any atom is 0.338 e. The van der Waals surface area contributed by atoms with Gasteiger partial charge in [0.2, 0.25) is 0 Å². The fourth-order valence-electron chi connectivity index (χ4n) is 2.92. The number of hydrogen-bond donors (Lipinski definition) is 1. The van der Waals surface area contributed by atoms with Crippen molar-refractivity contribution in [3.63, 3.8) is 0 Å². The Bertz CT molecular complexity index is 631. The van der Waals surface area contributed by atoms with Crippen LogP contribution in [0.5, 0.6) is 0 Å². The molecule has 1 atom stereocenters. The van der Waals surface area contributed by atoms with E-state index in [0.717, 1.165) is 16.9 Å². The van der Waals surface area contributed by atoms with E-state index < -0.39 is 5.60 Å². The van der Waals surface area contributed by atoms with Gasteiger partial charge in [-0.15, -0.1) is 0 Å². The smallest absolute Gasteiger partial charge is 0.338 e. The van der Waals surface area contributed by atoms with Crippen LogP contribution in [0, 0.1) is 6.92 Å². The quantitative estimate of drug-likeness (QED) is 0.869. The number of nitrogens with two attached hydrogens (primary N) is 1. The highest BCUT2D eigenvalue weighted by Gasteiger charge is 2.39. The zero-order valence-corrected chi connectivity index (χ0v) is 14.9. The van der Waals surface area contributed by atoms with Gasteiger partial charge in [0.1, 0.15) is 5.60 Å². The van der Waals surface area contributed by atoms with Crippen molar-refractivity contribution in [3.8, 4) is 0 Å². The topological polar surface area (TPSA) is 58.8 Å². The predicted molar refractivity (Wildman–Crippen MR) is 92.6 cm³/mol. The van der Waals surface area contributed by atoms with Crippen LogP contribution in [0.1, 0.15) is 40.2 Å². The lowest BCUT2D eigenvalue weighted by atomic mass is 10.1. The average molecular weight is 317 g/mol. The highest BCUT2D eigenvalue weighted by atomic mass is 16.6. The number of ether oxygens (including phenoxy) is 1. The van der Waals surface area contributed by atoms with Crippen molar-refractivity contribution in [2.24, 2.45) is 5.73 Å². The minimum Gasteiger partial charge on any atom is -0.457 e. The number of allylic oxidation sites excluding steroid dienone is 1. The summed E-state index contributed by atoms with van der Waals surface area (Å²) >= 11 is 0. The van der Waals surface area contributed by atoms with Crippen LogP contribution in [0.15, 0.2) is 35.5 Å². The van der Waals surface area contributed by atoms with Gasteiger partial charge >= 0.3 is 5.97 Å². The minimum atomic E-state index is -0.519. The molecular formula is C18H27N3O2. The molecule has 1 heterocycles. The summed E-state index contributed by atoms with van der Waals surface area (Å²) in [4.78, 5) is 12.6. The number of hydrazine groups is 1. The second-order valence-corrected chi connectivity index (χ2v) is 6.95. The molecule has 0 fully saturated rings. The van der Waals surface area contributed by atoms with E-state index in [1.165, 1.54) is 0 Å². The summed E-state index contributed by atoms with van der Waals surface area (Å²) in [7, 11) is 0. The lowest BCUT2D eigenvalue weighted by Crippen LogP contribution is -2.45. The molecule has 23 heavy (non-hydrogen) atoms. The summed E-state index contributed by atoms with van der Waals surface area (Å²) in [6.45, 7) is 11.9. The monoisotopic (exact) mass is 317 g/mol. The molecule has 126 valence electrons. The van der Waals surface area contributed by atoms with Crippen LogP contribution in [0.3, 0.4) is 0 Å². The van der Waals surface area contributed by atoms with Crippen LogP contribution >= 0.6 is 0 Å². The van der Waals surface area contributed by atoms with Gasteiger partial charge in [-0.2, -0.15) is 5.01 Å². The largest absolute Gasteiger partial charge is 0.457 e. The normalized spacial score (nSPS) is 19.4. The molecule has 1 aromatic carbocycles. The van der Waals surface area contributed by atoms with E-state index in [1.54, 1.807) is 0 Å². The zero-order chi connectivity index (χ0) is 17.4. The van der Waals surface area contributed by atoms with Crippen molar-refractivity contribution >= 4 is 11.7 Å². The maximum absolute atomic E-state index is 12.6. The van der Waals surface area contributed by atoms with Crippen molar-refractivity contribution in [1.29, 1.82) is 0 Å². The second-order valence-electron chi connectivity index (χ2n) is 6.95. The maximum atomic E-state index is 12.6. The molecule has 5 nitrogen and oxygen atoms in total. The first-order chi connectivity index (χ1) is 10.7. The number of benzene rings is 1. The molecule has 0 saturated heterocycles. The van der Waals surface area contributed by atoms with Gasteiger partial charge in [0, 0.05) is 5.70 Å². The molecule has 1 aliphatic rings. The Kier molecular flexibility index (Phi) is 4.82. The number of esters is 1. The van der Waals surface area contributed by atoms with Gasteiger partial charge in [-0.25, -0.2) is 4.79 Å². The second kappa shape index (κ2) is 6.34. The summed E-state index contributed by atoms with van der Waals surface area (Å²) in [5.74, 6) is -0.281. The van der Waals surface area contributed by atoms with Crippen LogP contribution in [-0.4, -0.2) is 29.3 Å². The molecule has 1 unspecified atom stereocenters. The molecule has 2 N–H and O–H groups in total. The molecule has 0 saturated carbocycles. The molecule has 1 aromatic rings. The summed E-state index contributed by atoms with van der Waals surface area (Å²) in [5, 5.41) is 3.99. The molecule has 0 radical (unpaired) electrons. The van der Waals surface area contributed by atoms with E-state index in [4.69, 9.17) is 10.5 Å². The Labute approximate surface area is 138 Å². The highest BCUT2D eigenvalue weighted by molar-refractivity contribution is 5.92. The average Bonchev–Trinajstić information content (AvgIpc) is 2.67. The molecule has 0 aromatic heterocycles. The number of rotatable bonds is 3. The molecule has 0 bridgehead atoms. The standard InChI is InChI=1S/C18H27N3O2/c1-12-8-7-9-15(10-12)21-14(3)16(13(2)20(21)11-19)17(22)23-18(4,5)6/h7-10,13H,11,19H2,1-6H3. The van der Waals surface area contributed by atoms with E-state index in [1.807, 2.05) is 69.8 Å². The third-order valence-corrected chi connectivity index (χ3v) is 3.88. The molecule has 0 aliphatic carbocycles. The fraction of sp³-hybridized carbons (Fsp3) is 0.500. The van der Waals surface area contributed by atoms with E-state index >= 15 is 0 Å². The van der Waals surface area contributed by atoms with Crippen molar-refractivity contribution in [3.05, 3.63) is 41.1 Å². The van der Waals surface area contributed by atoms with E-state index in [9.17, 15) is 4.79 Å². The predicted octanol–water partition coefficient (Wildman–Crippen LogP) is 2.95. The lowest BCUT2D eigenvalue weighted by molar-refractivity contribution is -0.150. The van der Waals surface area contributed by atoms with Crippen molar-refractivity contribution in [2.45, 2.75) is 53.2 Å². The van der Waals surface area contributed by atoms with Gasteiger partial charge in [0.25, 0.3) is 0 Å². The SMILES string of the molecule is CC1=C(C(=O)OC(C)(C)C)C(C)N(CN)N1c1cccc(C)c1. The number of carbonyl (C=O) groups excluding carboxylic acids is 1. The minimum absolute atomic E-state index is 0.129. The van der Waals surface area contributed by atoms with E-state index in [0.29, 0.717) is 12.2 Å². The van der Waals surface area contributed by atoms with Gasteiger partial charge in [-0.1, -0.05) is 12.1 Å². The van der Waals surface area contributed by atoms with Crippen LogP contribution in [-0.2, 0) is 9.53 Å². The molecule has 0 amide bonds. The van der Waals surface area contributed by atoms with Crippen LogP contribution in [0.2, 0.25) is 0 Å². The Hall–Kier alpha value is -1.85. The highest BCUT2D eigenvalue weighted by Crippen LogP contribution is 2.34.